The van der Waals surface area contributed by atoms with Gasteiger partial charge in [0.15, 0.2) is 11.2 Å². The Morgan fingerprint density at radius 3 is 2.35 bits per heavy atom. The second-order valence-corrected chi connectivity index (χ2v) is 7.24. The van der Waals surface area contributed by atoms with E-state index in [-0.39, 0.29) is 5.82 Å². The zero-order chi connectivity index (χ0) is 18.3. The number of nitrogens with zero attached hydrogens (tertiary/aromatic N) is 2. The molecule has 0 saturated heterocycles. The Kier molecular flexibility index (Phi) is 4.17. The number of hydrogen-bond acceptors (Lipinski definition) is 3. The lowest BCUT2D eigenvalue weighted by molar-refractivity contribution is 0.111. The summed E-state index contributed by atoms with van der Waals surface area (Å²) in [6, 6.07) is 14.4. The number of thiazole rings is 1. The molecule has 0 bridgehead atoms. The fourth-order valence-corrected chi connectivity index (χ4v) is 4.24. The number of benzene rings is 2. The van der Waals surface area contributed by atoms with E-state index in [0.29, 0.717) is 11.4 Å². The second kappa shape index (κ2) is 6.50. The van der Waals surface area contributed by atoms with E-state index in [1.165, 1.54) is 22.6 Å². The smallest absolute Gasteiger partial charge is 0.195 e. The monoisotopic (exact) mass is 364 g/mol. The highest BCUT2D eigenvalue weighted by Gasteiger charge is 2.21. The van der Waals surface area contributed by atoms with Crippen molar-refractivity contribution in [1.29, 1.82) is 0 Å². The van der Waals surface area contributed by atoms with Crippen molar-refractivity contribution in [2.75, 3.05) is 0 Å². The first kappa shape index (κ1) is 16.7. The molecule has 0 unspecified atom stereocenters. The maximum atomic E-state index is 13.3. The quantitative estimate of drug-likeness (QED) is 0.445. The Labute approximate surface area is 154 Å². The van der Waals surface area contributed by atoms with Gasteiger partial charge in [-0.15, -0.1) is 11.3 Å². The molecule has 130 valence electrons. The number of rotatable bonds is 4. The summed E-state index contributed by atoms with van der Waals surface area (Å²) in [5, 5.41) is 0. The predicted molar refractivity (Wildman–Crippen MR) is 103 cm³/mol. The van der Waals surface area contributed by atoms with Crippen molar-refractivity contribution in [1.82, 2.24) is 9.38 Å². The van der Waals surface area contributed by atoms with Crippen LogP contribution in [0, 0.1) is 12.7 Å². The van der Waals surface area contributed by atoms with Gasteiger partial charge in [0.05, 0.1) is 5.69 Å². The minimum atomic E-state index is -0.309. The fourth-order valence-electron chi connectivity index (χ4n) is 3.15. The Morgan fingerprint density at radius 2 is 1.73 bits per heavy atom. The lowest BCUT2D eigenvalue weighted by Crippen LogP contribution is -1.96. The van der Waals surface area contributed by atoms with Crippen LogP contribution in [0.25, 0.3) is 27.5 Å². The van der Waals surface area contributed by atoms with E-state index >= 15 is 0 Å². The second-order valence-electron chi connectivity index (χ2n) is 6.18. The molecule has 0 radical (unpaired) electrons. The summed E-state index contributed by atoms with van der Waals surface area (Å²) in [4.78, 5) is 18.6. The van der Waals surface area contributed by atoms with Gasteiger partial charge in [-0.3, -0.25) is 9.20 Å². The molecule has 0 spiro atoms. The first-order chi connectivity index (χ1) is 12.6. The number of carbonyl (C=O) groups is 1. The fraction of sp³-hybridized carbons (Fsp3) is 0.143. The molecule has 0 aliphatic carbocycles. The zero-order valence-corrected chi connectivity index (χ0v) is 15.3. The Morgan fingerprint density at radius 1 is 1.08 bits per heavy atom. The number of imidazole rings is 1. The van der Waals surface area contributed by atoms with Crippen LogP contribution in [0.15, 0.2) is 48.5 Å². The summed E-state index contributed by atoms with van der Waals surface area (Å²) in [6.07, 6.45) is 1.70. The molecule has 0 aliphatic rings. The van der Waals surface area contributed by atoms with Crippen LogP contribution in [0.3, 0.4) is 0 Å². The van der Waals surface area contributed by atoms with Gasteiger partial charge in [0.25, 0.3) is 0 Å². The lowest BCUT2D eigenvalue weighted by Gasteiger charge is -2.06. The number of carbonyl (C=O) groups excluding carboxylic acids is 1. The topological polar surface area (TPSA) is 34.4 Å². The van der Waals surface area contributed by atoms with Gasteiger partial charge in [-0.1, -0.05) is 36.8 Å². The molecule has 26 heavy (non-hydrogen) atoms. The molecular weight excluding hydrogens is 347 g/mol. The van der Waals surface area contributed by atoms with Crippen LogP contribution in [0.4, 0.5) is 4.39 Å². The van der Waals surface area contributed by atoms with Crippen LogP contribution in [0.1, 0.15) is 27.9 Å². The third kappa shape index (κ3) is 2.65. The van der Waals surface area contributed by atoms with Crippen LogP contribution in [-0.2, 0) is 6.42 Å². The number of aromatic nitrogens is 2. The maximum absolute atomic E-state index is 13.3. The van der Waals surface area contributed by atoms with Crippen molar-refractivity contribution in [3.05, 3.63) is 70.5 Å². The number of aryl methyl sites for hydroxylation is 2. The SMILES string of the molecule is CCc1sc2nc(-c3ccc(F)cc3)c(C=O)n2c1-c1ccc(C)cc1. The molecule has 0 atom stereocenters. The van der Waals surface area contributed by atoms with Crippen molar-refractivity contribution in [2.45, 2.75) is 20.3 Å². The van der Waals surface area contributed by atoms with Gasteiger partial charge in [0, 0.05) is 10.4 Å². The molecule has 3 nitrogen and oxygen atoms in total. The first-order valence-corrected chi connectivity index (χ1v) is 9.26. The summed E-state index contributed by atoms with van der Waals surface area (Å²) < 4.78 is 15.2. The summed E-state index contributed by atoms with van der Waals surface area (Å²) in [6.45, 7) is 4.15. The molecule has 4 rings (SSSR count). The van der Waals surface area contributed by atoms with Crippen molar-refractivity contribution in [2.24, 2.45) is 0 Å². The molecule has 2 aromatic heterocycles. The average Bonchev–Trinajstić information content (AvgIpc) is 3.18. The van der Waals surface area contributed by atoms with E-state index in [2.05, 4.69) is 43.1 Å². The Balaban J connectivity index is 2.00. The van der Waals surface area contributed by atoms with Gasteiger partial charge in [0.1, 0.15) is 17.2 Å². The van der Waals surface area contributed by atoms with E-state index in [4.69, 9.17) is 0 Å². The van der Waals surface area contributed by atoms with E-state index in [9.17, 15) is 9.18 Å². The Bertz CT molecular complexity index is 1090. The van der Waals surface area contributed by atoms with Crippen molar-refractivity contribution in [3.8, 4) is 22.5 Å². The number of hydrogen-bond donors (Lipinski definition) is 0. The van der Waals surface area contributed by atoms with Crippen LogP contribution in [-0.4, -0.2) is 15.7 Å². The van der Waals surface area contributed by atoms with E-state index in [0.717, 1.165) is 34.5 Å². The summed E-state index contributed by atoms with van der Waals surface area (Å²) in [7, 11) is 0. The van der Waals surface area contributed by atoms with E-state index < -0.39 is 0 Å². The minimum absolute atomic E-state index is 0.309. The summed E-state index contributed by atoms with van der Waals surface area (Å²) in [5.74, 6) is -0.309. The molecule has 5 heteroatoms. The van der Waals surface area contributed by atoms with E-state index in [1.54, 1.807) is 23.5 Å². The highest BCUT2D eigenvalue weighted by atomic mass is 32.1. The minimum Gasteiger partial charge on any atom is -0.296 e. The third-order valence-corrected chi connectivity index (χ3v) is 5.64. The zero-order valence-electron chi connectivity index (χ0n) is 14.5. The number of aldehydes is 1. The van der Waals surface area contributed by atoms with E-state index in [1.807, 2.05) is 4.40 Å². The first-order valence-electron chi connectivity index (χ1n) is 8.44. The van der Waals surface area contributed by atoms with Gasteiger partial charge in [-0.2, -0.15) is 0 Å². The highest BCUT2D eigenvalue weighted by Crippen LogP contribution is 2.36. The standard InChI is InChI=1S/C21H17FN2OS/c1-3-18-20(15-6-4-13(2)5-7-15)24-17(12-25)19(23-21(24)26-18)14-8-10-16(22)11-9-14/h4-12H,3H2,1-2H3. The normalized spacial score (nSPS) is 11.2. The molecular formula is C21H17FN2OS. The van der Waals surface area contributed by atoms with Crippen LogP contribution >= 0.6 is 11.3 Å². The van der Waals surface area contributed by atoms with Crippen molar-refractivity contribution < 1.29 is 9.18 Å². The molecule has 2 aromatic carbocycles. The molecule has 2 heterocycles. The molecule has 4 aromatic rings. The largest absolute Gasteiger partial charge is 0.296 e. The predicted octanol–water partition coefficient (Wildman–Crippen LogP) is 5.55. The van der Waals surface area contributed by atoms with Gasteiger partial charge in [0.2, 0.25) is 0 Å². The van der Waals surface area contributed by atoms with Gasteiger partial charge < -0.3 is 0 Å². The Hall–Kier alpha value is -2.79. The number of halogens is 1. The number of fused-ring (bicyclic) bond motifs is 1. The average molecular weight is 364 g/mol. The van der Waals surface area contributed by atoms with Gasteiger partial charge in [-0.25, -0.2) is 9.37 Å². The molecule has 0 amide bonds. The highest BCUT2D eigenvalue weighted by molar-refractivity contribution is 7.17. The molecule has 0 saturated carbocycles. The van der Waals surface area contributed by atoms with Gasteiger partial charge in [-0.05, 0) is 43.2 Å². The van der Waals surface area contributed by atoms with Crippen molar-refractivity contribution >= 4 is 22.6 Å². The van der Waals surface area contributed by atoms with Crippen molar-refractivity contribution in [3.63, 3.8) is 0 Å². The van der Waals surface area contributed by atoms with Crippen LogP contribution in [0.2, 0.25) is 0 Å². The summed E-state index contributed by atoms with van der Waals surface area (Å²) in [5.41, 5.74) is 5.07. The third-order valence-electron chi connectivity index (χ3n) is 4.46. The molecule has 0 N–H and O–H groups in total. The van der Waals surface area contributed by atoms with Crippen LogP contribution in [0.5, 0.6) is 0 Å². The molecule has 0 aliphatic heterocycles. The summed E-state index contributed by atoms with van der Waals surface area (Å²) >= 11 is 1.59. The lowest BCUT2D eigenvalue weighted by atomic mass is 10.1. The van der Waals surface area contributed by atoms with Gasteiger partial charge >= 0.3 is 0 Å². The van der Waals surface area contributed by atoms with Crippen LogP contribution < -0.4 is 0 Å². The molecule has 0 fully saturated rings. The maximum Gasteiger partial charge on any atom is 0.195 e.